The third-order valence-electron chi connectivity index (χ3n) is 9.95. The quantitative estimate of drug-likeness (QED) is 0.205. The van der Waals surface area contributed by atoms with Gasteiger partial charge in [-0.05, 0) is 51.0 Å². The average Bonchev–Trinajstić information content (AvgIpc) is 3.39. The molecule has 2 aliphatic heterocycles. The number of nitrogens with zero attached hydrogens (tertiary/aromatic N) is 1. The van der Waals surface area contributed by atoms with Crippen LogP contribution in [0.15, 0.2) is 30.3 Å². The number of halogens is 1. The van der Waals surface area contributed by atoms with E-state index in [1.165, 1.54) is 0 Å². The number of carbonyl (C=O) groups excluding carboxylic acids is 6. The van der Waals surface area contributed by atoms with E-state index in [0.717, 1.165) is 38.8 Å². The topological polar surface area (TPSA) is 170 Å². The molecular formula is C37H42ClNO13. The third kappa shape index (κ3) is 6.55. The maximum absolute atomic E-state index is 14.4. The molecule has 2 bridgehead atoms. The van der Waals surface area contributed by atoms with Crippen molar-refractivity contribution in [1.82, 2.24) is 0 Å². The standard InChI is InChI=1S/C37H42ClNO13/c1-18(40)47-27-28(48-19(2)41)30(49-20(3)42)32(51-29(27)31(43)46-7)50-25-12-24-26(23-11-9-8-10-22(23)25)21(13-38)14-39(24)33(44)36-15-37(16-36,17-36)34(45)52-35(4,5)6/h8-12,21,27-30,32H,13-17H2,1-7H3. The second-order valence-corrected chi connectivity index (χ2v) is 15.3. The van der Waals surface area contributed by atoms with Gasteiger partial charge in [0.15, 0.2) is 18.3 Å². The SMILES string of the molecule is COC(=O)C1OC(Oc2cc3c(c4ccccc24)C(CCl)CN3C(=O)C23CC(C(=O)OC(C)(C)C)(C2)C3)C(OC(C)=O)C(OC(C)=O)C1OC(C)=O. The number of rotatable bonds is 9. The van der Waals surface area contributed by atoms with Crippen molar-refractivity contribution in [3.05, 3.63) is 35.9 Å². The molecule has 2 aromatic rings. The molecule has 52 heavy (non-hydrogen) atoms. The van der Waals surface area contributed by atoms with E-state index in [1.54, 1.807) is 23.1 Å². The Morgan fingerprint density at radius 1 is 0.865 bits per heavy atom. The lowest BCUT2D eigenvalue weighted by atomic mass is 9.34. The van der Waals surface area contributed by atoms with Gasteiger partial charge in [-0.1, -0.05) is 24.3 Å². The third-order valence-corrected chi connectivity index (χ3v) is 10.3. The van der Waals surface area contributed by atoms with Crippen LogP contribution >= 0.6 is 11.6 Å². The molecule has 14 nitrogen and oxygen atoms in total. The molecule has 6 unspecified atom stereocenters. The lowest BCUT2D eigenvalue weighted by molar-refractivity contribution is -0.282. The molecule has 1 saturated heterocycles. The maximum atomic E-state index is 14.4. The second kappa shape index (κ2) is 13.5. The number of amides is 1. The van der Waals surface area contributed by atoms with Gasteiger partial charge in [-0.2, -0.15) is 0 Å². The summed E-state index contributed by atoms with van der Waals surface area (Å²) in [5.41, 5.74) is -0.654. The van der Waals surface area contributed by atoms with E-state index in [1.807, 2.05) is 32.9 Å². The van der Waals surface area contributed by atoms with Gasteiger partial charge in [-0.3, -0.25) is 24.0 Å². The van der Waals surface area contributed by atoms with Crippen LogP contribution in [0.1, 0.15) is 72.3 Å². The first-order valence-electron chi connectivity index (χ1n) is 17.0. The van der Waals surface area contributed by atoms with Crippen LogP contribution in [-0.2, 0) is 57.2 Å². The molecule has 2 aromatic carbocycles. The zero-order valence-electron chi connectivity index (χ0n) is 30.0. The fraction of sp³-hybridized carbons (Fsp3) is 0.568. The Morgan fingerprint density at radius 3 is 2.00 bits per heavy atom. The molecule has 7 rings (SSSR count). The number of hydrogen-bond donors (Lipinski definition) is 0. The highest BCUT2D eigenvalue weighted by Crippen LogP contribution is 2.74. The number of ether oxygens (including phenoxy) is 7. The monoisotopic (exact) mass is 743 g/mol. The summed E-state index contributed by atoms with van der Waals surface area (Å²) in [6.07, 6.45) is -6.74. The van der Waals surface area contributed by atoms with E-state index in [9.17, 15) is 28.8 Å². The minimum Gasteiger partial charge on any atom is -0.467 e. The zero-order chi connectivity index (χ0) is 37.9. The highest BCUT2D eigenvalue weighted by molar-refractivity contribution is 6.19. The number of benzene rings is 2. The van der Waals surface area contributed by atoms with Gasteiger partial charge in [0, 0.05) is 50.6 Å². The van der Waals surface area contributed by atoms with Crippen LogP contribution in [0, 0.1) is 10.8 Å². The summed E-state index contributed by atoms with van der Waals surface area (Å²) in [6, 6.07) is 8.94. The number of anilines is 1. The number of hydrogen-bond acceptors (Lipinski definition) is 13. The molecule has 3 saturated carbocycles. The molecule has 2 heterocycles. The molecule has 6 atom stereocenters. The number of methoxy groups -OCH3 is 1. The molecular weight excluding hydrogens is 702 g/mol. The van der Waals surface area contributed by atoms with E-state index in [4.69, 9.17) is 44.8 Å². The molecule has 3 aliphatic carbocycles. The van der Waals surface area contributed by atoms with Crippen molar-refractivity contribution in [3.63, 3.8) is 0 Å². The van der Waals surface area contributed by atoms with Crippen molar-refractivity contribution in [2.45, 2.75) is 103 Å². The number of fused-ring (bicyclic) bond motifs is 3. The fourth-order valence-electron chi connectivity index (χ4n) is 8.03. The summed E-state index contributed by atoms with van der Waals surface area (Å²) in [5, 5.41) is 1.32. The Kier molecular flexibility index (Phi) is 9.71. The van der Waals surface area contributed by atoms with Crippen molar-refractivity contribution < 1.29 is 61.9 Å². The molecule has 1 amide bonds. The van der Waals surface area contributed by atoms with Crippen LogP contribution in [0.25, 0.3) is 10.8 Å². The van der Waals surface area contributed by atoms with Crippen LogP contribution < -0.4 is 9.64 Å². The Balaban J connectivity index is 1.38. The van der Waals surface area contributed by atoms with Crippen molar-refractivity contribution in [1.29, 1.82) is 0 Å². The maximum Gasteiger partial charge on any atom is 0.339 e. The summed E-state index contributed by atoms with van der Waals surface area (Å²) in [7, 11) is 1.10. The lowest BCUT2D eigenvalue weighted by Crippen LogP contribution is -2.71. The normalized spacial score (nSPS) is 30.2. The largest absolute Gasteiger partial charge is 0.467 e. The smallest absolute Gasteiger partial charge is 0.339 e. The van der Waals surface area contributed by atoms with Gasteiger partial charge in [0.2, 0.25) is 18.3 Å². The molecule has 0 radical (unpaired) electrons. The fourth-order valence-corrected chi connectivity index (χ4v) is 8.28. The molecule has 280 valence electrons. The van der Waals surface area contributed by atoms with Crippen molar-refractivity contribution in [2.75, 3.05) is 24.4 Å². The van der Waals surface area contributed by atoms with Gasteiger partial charge < -0.3 is 38.1 Å². The van der Waals surface area contributed by atoms with E-state index in [-0.39, 0.29) is 29.4 Å². The number of esters is 5. The minimum atomic E-state index is -1.66. The molecule has 0 spiro atoms. The Labute approximate surface area is 305 Å². The lowest BCUT2D eigenvalue weighted by Gasteiger charge is -2.67. The molecule has 5 aliphatic rings. The molecule has 15 heteroatoms. The summed E-state index contributed by atoms with van der Waals surface area (Å²) in [5.74, 6) is -3.68. The summed E-state index contributed by atoms with van der Waals surface area (Å²) in [6.45, 7) is 9.04. The van der Waals surface area contributed by atoms with Crippen LogP contribution in [-0.4, -0.2) is 91.6 Å². The Bertz CT molecular complexity index is 1820. The van der Waals surface area contributed by atoms with E-state index in [2.05, 4.69) is 0 Å². The van der Waals surface area contributed by atoms with Crippen molar-refractivity contribution in [3.8, 4) is 5.75 Å². The van der Waals surface area contributed by atoms with Crippen LogP contribution in [0.4, 0.5) is 5.69 Å². The van der Waals surface area contributed by atoms with Crippen LogP contribution in [0.2, 0.25) is 0 Å². The minimum absolute atomic E-state index is 0.135. The first kappa shape index (κ1) is 37.3. The summed E-state index contributed by atoms with van der Waals surface area (Å²) >= 11 is 6.51. The first-order chi connectivity index (χ1) is 24.4. The van der Waals surface area contributed by atoms with Gasteiger partial charge in [0.1, 0.15) is 11.4 Å². The Hall–Kier alpha value is -4.43. The molecule has 0 aromatic heterocycles. The van der Waals surface area contributed by atoms with E-state index in [0.29, 0.717) is 36.9 Å². The van der Waals surface area contributed by atoms with Gasteiger partial charge in [0.05, 0.1) is 23.6 Å². The van der Waals surface area contributed by atoms with E-state index >= 15 is 0 Å². The first-order valence-corrected chi connectivity index (χ1v) is 17.5. The van der Waals surface area contributed by atoms with Gasteiger partial charge in [-0.25, -0.2) is 4.79 Å². The predicted molar refractivity (Wildman–Crippen MR) is 182 cm³/mol. The number of alkyl halides is 1. The van der Waals surface area contributed by atoms with Gasteiger partial charge in [0.25, 0.3) is 0 Å². The predicted octanol–water partition coefficient (Wildman–Crippen LogP) is 4.09. The highest BCUT2D eigenvalue weighted by atomic mass is 35.5. The highest BCUT2D eigenvalue weighted by Gasteiger charge is 2.76. The summed E-state index contributed by atoms with van der Waals surface area (Å²) in [4.78, 5) is 78.9. The Morgan fingerprint density at radius 2 is 1.44 bits per heavy atom. The van der Waals surface area contributed by atoms with Crippen LogP contribution in [0.5, 0.6) is 5.75 Å². The second-order valence-electron chi connectivity index (χ2n) is 15.0. The number of carbonyl (C=O) groups is 6. The van der Waals surface area contributed by atoms with Gasteiger partial charge in [-0.15, -0.1) is 11.6 Å². The molecule has 0 N–H and O–H groups in total. The average molecular weight is 744 g/mol. The van der Waals surface area contributed by atoms with E-state index < -0.39 is 71.0 Å². The van der Waals surface area contributed by atoms with Crippen molar-refractivity contribution in [2.24, 2.45) is 10.8 Å². The van der Waals surface area contributed by atoms with Crippen LogP contribution in [0.3, 0.4) is 0 Å². The van der Waals surface area contributed by atoms with Gasteiger partial charge >= 0.3 is 29.8 Å². The molecule has 4 fully saturated rings. The zero-order valence-corrected chi connectivity index (χ0v) is 30.8. The summed E-state index contributed by atoms with van der Waals surface area (Å²) < 4.78 is 39.5. The van der Waals surface area contributed by atoms with Crippen molar-refractivity contribution >= 4 is 63.8 Å².